The van der Waals surface area contributed by atoms with E-state index in [9.17, 15) is 31.4 Å². The molecule has 0 heterocycles. The smallest absolute Gasteiger partial charge is 0.194 e. The first-order valence-corrected chi connectivity index (χ1v) is 13.0. The summed E-state index contributed by atoms with van der Waals surface area (Å²) < 4.78 is 82.4. The van der Waals surface area contributed by atoms with Crippen molar-refractivity contribution in [3.63, 3.8) is 0 Å². The monoisotopic (exact) mass is 590 g/mol. The maximum atomic E-state index is 14.3. The number of hydrogen-bond acceptors (Lipinski definition) is 1. The molecule has 0 spiro atoms. The molecule has 0 saturated heterocycles. The van der Waals surface area contributed by atoms with Gasteiger partial charge in [-0.1, -0.05) is 61.2 Å². The second kappa shape index (κ2) is 14.9. The van der Waals surface area contributed by atoms with Gasteiger partial charge in [0, 0.05) is 0 Å². The molecule has 0 fully saturated rings. The molecule has 0 saturated carbocycles. The number of hydrogen-bond donors (Lipinski definition) is 1. The summed E-state index contributed by atoms with van der Waals surface area (Å²) in [5, 5.41) is 12.0. The zero-order valence-corrected chi connectivity index (χ0v) is 23.3. The van der Waals surface area contributed by atoms with Crippen molar-refractivity contribution in [2.75, 3.05) is 6.67 Å². The number of rotatable bonds is 9. The van der Waals surface area contributed by atoms with Gasteiger partial charge in [-0.15, -0.1) is 12.8 Å². The predicted octanol–water partition coefficient (Wildman–Crippen LogP) is 9.84. The van der Waals surface area contributed by atoms with E-state index in [4.69, 9.17) is 0 Å². The van der Waals surface area contributed by atoms with Crippen molar-refractivity contribution in [3.05, 3.63) is 148 Å². The van der Waals surface area contributed by atoms with Crippen LogP contribution in [0.3, 0.4) is 0 Å². The Morgan fingerprint density at radius 2 is 1.53 bits per heavy atom. The highest BCUT2D eigenvalue weighted by molar-refractivity contribution is 5.93. The molecule has 7 heteroatoms. The number of terminal acetylenes is 1. The highest BCUT2D eigenvalue weighted by Gasteiger charge is 2.18. The Balaban J connectivity index is 0.00000248. The Hall–Kier alpha value is -4.80. The van der Waals surface area contributed by atoms with Gasteiger partial charge in [-0.05, 0) is 99.0 Å². The second-order valence-electron chi connectivity index (χ2n) is 9.43. The van der Waals surface area contributed by atoms with Gasteiger partial charge < -0.3 is 5.11 Å². The van der Waals surface area contributed by atoms with Crippen LogP contribution in [0.25, 0.3) is 28.0 Å². The number of benzene rings is 4. The van der Waals surface area contributed by atoms with Gasteiger partial charge in [-0.2, -0.15) is 0 Å². The molecule has 0 amide bonds. The van der Waals surface area contributed by atoms with Gasteiger partial charge in [0.2, 0.25) is 0 Å². The van der Waals surface area contributed by atoms with Crippen molar-refractivity contribution in [1.29, 1.82) is 0 Å². The molecule has 43 heavy (non-hydrogen) atoms. The summed E-state index contributed by atoms with van der Waals surface area (Å²) in [6.45, 7) is 3.16. The van der Waals surface area contributed by atoms with E-state index in [0.717, 1.165) is 40.6 Å². The Morgan fingerprint density at radius 1 is 0.907 bits per heavy atom. The average molecular weight is 591 g/mol. The molecule has 0 aromatic heterocycles. The summed E-state index contributed by atoms with van der Waals surface area (Å²) in [7, 11) is 0. The molecular formula is C36H28F6O. The number of alkyl halides is 1. The molecule has 4 rings (SSSR count). The van der Waals surface area contributed by atoms with Crippen LogP contribution in [0.5, 0.6) is 0 Å². The molecule has 4 aromatic carbocycles. The Morgan fingerprint density at radius 3 is 2.16 bits per heavy atom. The van der Waals surface area contributed by atoms with Crippen LogP contribution in [0.15, 0.2) is 97.1 Å². The number of aliphatic hydroxyl groups excluding tert-OH is 1. The van der Waals surface area contributed by atoms with Crippen molar-refractivity contribution in [1.82, 2.24) is 0 Å². The first-order valence-electron chi connectivity index (χ1n) is 13.0. The lowest BCUT2D eigenvalue weighted by atomic mass is 9.86. The summed E-state index contributed by atoms with van der Waals surface area (Å²) in [6, 6.07) is 18.1. The number of fused-ring (bicyclic) bond motifs is 1. The fourth-order valence-electron chi connectivity index (χ4n) is 4.78. The third-order valence-electron chi connectivity index (χ3n) is 6.82. The molecule has 0 aliphatic carbocycles. The molecule has 220 valence electrons. The standard InChI is InChI=1S/C34H26F6O.C2H2/c1-20(26-17-32(38)34(40)33(39)18-26)13-22-7-3-4-8-23(22)14-29-27-10-6-5-9-24(27)15-28(30(29)19-41)25(11-12-35)16-31(37)21(2)36;1-2/h3-11,13,15-18,41H,2,12,14,19H2,1H3;1-2H/b20-13+,25-11+,31-16+;. The van der Waals surface area contributed by atoms with E-state index in [1.165, 1.54) is 0 Å². The van der Waals surface area contributed by atoms with Gasteiger partial charge in [0.05, 0.1) is 6.61 Å². The van der Waals surface area contributed by atoms with Crippen molar-refractivity contribution >= 4 is 28.0 Å². The normalized spacial score (nSPS) is 12.2. The highest BCUT2D eigenvalue weighted by atomic mass is 19.2. The Kier molecular flexibility index (Phi) is 11.3. The van der Waals surface area contributed by atoms with E-state index in [2.05, 4.69) is 19.4 Å². The van der Waals surface area contributed by atoms with Crippen molar-refractivity contribution in [2.45, 2.75) is 20.0 Å². The second-order valence-corrected chi connectivity index (χ2v) is 9.43. The molecule has 0 aliphatic heterocycles. The fraction of sp³-hybridized carbons (Fsp3) is 0.111. The lowest BCUT2D eigenvalue weighted by Gasteiger charge is -2.19. The molecule has 0 aliphatic rings. The van der Waals surface area contributed by atoms with Crippen LogP contribution in [-0.2, 0) is 13.0 Å². The minimum Gasteiger partial charge on any atom is -0.392 e. The topological polar surface area (TPSA) is 20.2 Å². The van der Waals surface area contributed by atoms with E-state index in [1.54, 1.807) is 37.3 Å². The molecule has 0 bridgehead atoms. The fourth-order valence-corrected chi connectivity index (χ4v) is 4.78. The van der Waals surface area contributed by atoms with Crippen molar-refractivity contribution in [3.8, 4) is 12.8 Å². The molecule has 1 N–H and O–H groups in total. The maximum Gasteiger partial charge on any atom is 0.194 e. The lowest BCUT2D eigenvalue weighted by molar-refractivity contribution is 0.280. The van der Waals surface area contributed by atoms with Crippen molar-refractivity contribution in [2.24, 2.45) is 0 Å². The third-order valence-corrected chi connectivity index (χ3v) is 6.82. The highest BCUT2D eigenvalue weighted by Crippen LogP contribution is 2.35. The van der Waals surface area contributed by atoms with Crippen molar-refractivity contribution < 1.29 is 31.4 Å². The van der Waals surface area contributed by atoms with Crippen LogP contribution < -0.4 is 0 Å². The van der Waals surface area contributed by atoms with E-state index in [0.29, 0.717) is 27.8 Å². The minimum atomic E-state index is -1.54. The number of aliphatic hydroxyl groups is 1. The maximum absolute atomic E-state index is 14.3. The van der Waals surface area contributed by atoms with Crippen LogP contribution in [0.1, 0.15) is 40.3 Å². The molecular weight excluding hydrogens is 562 g/mol. The van der Waals surface area contributed by atoms with Gasteiger partial charge in [-0.25, -0.2) is 26.3 Å². The summed E-state index contributed by atoms with van der Waals surface area (Å²) in [4.78, 5) is 0. The van der Waals surface area contributed by atoms with Gasteiger partial charge in [0.15, 0.2) is 29.1 Å². The first kappa shape index (κ1) is 32.7. The molecule has 0 atom stereocenters. The van der Waals surface area contributed by atoms with Gasteiger partial charge in [-0.3, -0.25) is 0 Å². The predicted molar refractivity (Wildman–Crippen MR) is 162 cm³/mol. The van der Waals surface area contributed by atoms with Crippen LogP contribution >= 0.6 is 0 Å². The van der Waals surface area contributed by atoms with Gasteiger partial charge in [0.25, 0.3) is 0 Å². The minimum absolute atomic E-state index is 0.0456. The van der Waals surface area contributed by atoms with Crippen LogP contribution in [0.2, 0.25) is 0 Å². The Bertz CT molecular complexity index is 1740. The molecule has 0 unspecified atom stereocenters. The largest absolute Gasteiger partial charge is 0.392 e. The third kappa shape index (κ3) is 7.54. The zero-order chi connectivity index (χ0) is 31.7. The zero-order valence-electron chi connectivity index (χ0n) is 23.3. The molecule has 0 radical (unpaired) electrons. The lowest BCUT2D eigenvalue weighted by Crippen LogP contribution is -2.04. The van der Waals surface area contributed by atoms with E-state index >= 15 is 0 Å². The summed E-state index contributed by atoms with van der Waals surface area (Å²) in [5.41, 5.74) is 3.58. The van der Waals surface area contributed by atoms with E-state index in [-0.39, 0.29) is 17.6 Å². The van der Waals surface area contributed by atoms with Crippen LogP contribution in [-0.4, -0.2) is 11.8 Å². The summed E-state index contributed by atoms with van der Waals surface area (Å²) in [5.74, 6) is -6.70. The van der Waals surface area contributed by atoms with E-state index in [1.807, 2.05) is 30.3 Å². The summed E-state index contributed by atoms with van der Waals surface area (Å²) in [6.07, 6.45) is 11.9. The number of halogens is 6. The SMILES string of the molecule is C#C.C=C(F)/C(F)=C\C(=C/CF)c1cc2ccccc2c(Cc2ccccc2/C=C(\C)c2cc(F)c(F)c(F)c2)c1CO. The average Bonchev–Trinajstić information content (AvgIpc) is 3.00. The van der Waals surface area contributed by atoms with Gasteiger partial charge in [0.1, 0.15) is 6.67 Å². The quantitative estimate of drug-likeness (QED) is 0.0677. The summed E-state index contributed by atoms with van der Waals surface area (Å²) >= 11 is 0. The van der Waals surface area contributed by atoms with Gasteiger partial charge >= 0.3 is 0 Å². The molecule has 1 nitrogen and oxygen atoms in total. The first-order chi connectivity index (χ1) is 20.6. The van der Waals surface area contributed by atoms with E-state index < -0.39 is 42.4 Å². The van der Waals surface area contributed by atoms with Crippen LogP contribution in [0.4, 0.5) is 26.3 Å². The van der Waals surface area contributed by atoms with Crippen LogP contribution in [0, 0.1) is 30.3 Å². The Labute approximate surface area is 246 Å². The number of allylic oxidation sites excluding steroid dienone is 6. The molecule has 4 aromatic rings.